The summed E-state index contributed by atoms with van der Waals surface area (Å²) < 4.78 is 0. The first-order valence-electron chi connectivity index (χ1n) is 6.31. The molecule has 2 N–H and O–H groups in total. The number of thiocarbonyl (C=S) groups is 1. The summed E-state index contributed by atoms with van der Waals surface area (Å²) in [5.74, 6) is 2.93. The molecule has 2 fully saturated rings. The predicted octanol–water partition coefficient (Wildman–Crippen LogP) is 2.30. The number of hydrogen-bond acceptors (Lipinski definition) is 1. The number of rotatable bonds is 4. The number of fused-ring (bicyclic) bond motifs is 2. The topological polar surface area (TPSA) is 24.1 Å². The molecule has 0 unspecified atom stereocenters. The Morgan fingerprint density at radius 3 is 2.73 bits per heavy atom. The number of nitrogens with one attached hydrogen (secondary N) is 2. The van der Waals surface area contributed by atoms with E-state index in [2.05, 4.69) is 17.6 Å². The van der Waals surface area contributed by atoms with Crippen molar-refractivity contribution >= 4 is 17.3 Å². The molecular formula is C12H22N2S. The van der Waals surface area contributed by atoms with Gasteiger partial charge in [0.2, 0.25) is 0 Å². The predicted molar refractivity (Wildman–Crippen MR) is 67.8 cm³/mol. The highest BCUT2D eigenvalue weighted by Gasteiger charge is 2.39. The molecule has 86 valence electrons. The third kappa shape index (κ3) is 2.83. The van der Waals surface area contributed by atoms with E-state index in [0.29, 0.717) is 0 Å². The van der Waals surface area contributed by atoms with Gasteiger partial charge in [0.25, 0.3) is 0 Å². The fourth-order valence-corrected chi connectivity index (χ4v) is 3.34. The molecule has 2 nitrogen and oxygen atoms in total. The quantitative estimate of drug-likeness (QED) is 0.719. The van der Waals surface area contributed by atoms with Gasteiger partial charge in [-0.1, -0.05) is 13.3 Å². The zero-order chi connectivity index (χ0) is 10.7. The summed E-state index contributed by atoms with van der Waals surface area (Å²) in [5, 5.41) is 7.43. The highest BCUT2D eigenvalue weighted by atomic mass is 32.1. The molecule has 0 heterocycles. The second-order valence-corrected chi connectivity index (χ2v) is 5.48. The van der Waals surface area contributed by atoms with Crippen LogP contribution in [0.25, 0.3) is 0 Å². The minimum Gasteiger partial charge on any atom is -0.363 e. The van der Waals surface area contributed by atoms with E-state index in [-0.39, 0.29) is 0 Å². The van der Waals surface area contributed by atoms with Crippen LogP contribution in [0, 0.1) is 17.8 Å². The molecule has 3 heteroatoms. The molecule has 0 aliphatic heterocycles. The standard InChI is InChI=1S/C12H22N2S/c1-2-5-13-12(15)14-8-11-7-9-3-4-10(11)6-9/h9-11H,2-8H2,1H3,(H2,13,14,15)/t9-,10-,11+/m1/s1. The van der Waals surface area contributed by atoms with Crippen LogP contribution in [0.2, 0.25) is 0 Å². The molecule has 15 heavy (non-hydrogen) atoms. The Bertz CT molecular complexity index is 230. The highest BCUT2D eigenvalue weighted by molar-refractivity contribution is 7.80. The molecule has 0 spiro atoms. The van der Waals surface area contributed by atoms with E-state index < -0.39 is 0 Å². The third-order valence-electron chi connectivity index (χ3n) is 3.94. The monoisotopic (exact) mass is 226 g/mol. The van der Waals surface area contributed by atoms with Crippen LogP contribution in [-0.4, -0.2) is 18.2 Å². The van der Waals surface area contributed by atoms with Gasteiger partial charge >= 0.3 is 0 Å². The van der Waals surface area contributed by atoms with E-state index >= 15 is 0 Å². The van der Waals surface area contributed by atoms with Gasteiger partial charge in [0, 0.05) is 13.1 Å². The molecule has 2 aliphatic carbocycles. The van der Waals surface area contributed by atoms with Crippen LogP contribution in [0.3, 0.4) is 0 Å². The van der Waals surface area contributed by atoms with Crippen molar-refractivity contribution < 1.29 is 0 Å². The van der Waals surface area contributed by atoms with Gasteiger partial charge in [-0.05, 0) is 55.7 Å². The molecule has 0 aromatic heterocycles. The lowest BCUT2D eigenvalue weighted by Gasteiger charge is -2.22. The van der Waals surface area contributed by atoms with Crippen molar-refractivity contribution in [1.82, 2.24) is 10.6 Å². The largest absolute Gasteiger partial charge is 0.363 e. The van der Waals surface area contributed by atoms with Crippen molar-refractivity contribution in [2.45, 2.75) is 39.0 Å². The molecule has 0 amide bonds. The average molecular weight is 226 g/mol. The van der Waals surface area contributed by atoms with Crippen molar-refractivity contribution in [1.29, 1.82) is 0 Å². The normalized spacial score (nSPS) is 33.0. The van der Waals surface area contributed by atoms with Crippen LogP contribution in [0.4, 0.5) is 0 Å². The van der Waals surface area contributed by atoms with Crippen molar-refractivity contribution in [3.63, 3.8) is 0 Å². The van der Waals surface area contributed by atoms with E-state index in [4.69, 9.17) is 12.2 Å². The lowest BCUT2D eigenvalue weighted by Crippen LogP contribution is -2.39. The van der Waals surface area contributed by atoms with Gasteiger partial charge in [0.1, 0.15) is 0 Å². The second-order valence-electron chi connectivity index (χ2n) is 5.07. The molecule has 2 saturated carbocycles. The summed E-state index contributed by atoms with van der Waals surface area (Å²) in [6.07, 6.45) is 7.01. The summed E-state index contributed by atoms with van der Waals surface area (Å²) in [7, 11) is 0. The molecule has 0 radical (unpaired) electrons. The maximum Gasteiger partial charge on any atom is 0.166 e. The minimum absolute atomic E-state index is 0.847. The molecule has 2 aliphatic rings. The maximum absolute atomic E-state index is 5.22. The first-order chi connectivity index (χ1) is 7.29. The van der Waals surface area contributed by atoms with E-state index in [0.717, 1.165) is 42.4 Å². The molecule has 3 atom stereocenters. The van der Waals surface area contributed by atoms with Gasteiger partial charge in [-0.25, -0.2) is 0 Å². The van der Waals surface area contributed by atoms with Crippen LogP contribution < -0.4 is 10.6 Å². The molecule has 0 aromatic carbocycles. The van der Waals surface area contributed by atoms with E-state index in [1.54, 1.807) is 0 Å². The zero-order valence-electron chi connectivity index (χ0n) is 9.59. The van der Waals surface area contributed by atoms with Crippen LogP contribution >= 0.6 is 12.2 Å². The SMILES string of the molecule is CCCNC(=S)NC[C@@H]1C[C@@H]2CC[C@@H]1C2. The minimum atomic E-state index is 0.847. The Kier molecular flexibility index (Phi) is 3.84. The highest BCUT2D eigenvalue weighted by Crippen LogP contribution is 2.47. The van der Waals surface area contributed by atoms with E-state index in [1.165, 1.54) is 25.7 Å². The summed E-state index contributed by atoms with van der Waals surface area (Å²) in [5.41, 5.74) is 0. The van der Waals surface area contributed by atoms with Crippen molar-refractivity contribution in [2.75, 3.05) is 13.1 Å². The Balaban J connectivity index is 1.64. The summed E-state index contributed by atoms with van der Waals surface area (Å²) in [4.78, 5) is 0. The first kappa shape index (κ1) is 11.2. The third-order valence-corrected chi connectivity index (χ3v) is 4.23. The fraction of sp³-hybridized carbons (Fsp3) is 0.917. The van der Waals surface area contributed by atoms with Gasteiger partial charge in [-0.15, -0.1) is 0 Å². The lowest BCUT2D eigenvalue weighted by atomic mass is 9.89. The molecule has 2 rings (SSSR count). The van der Waals surface area contributed by atoms with Gasteiger partial charge < -0.3 is 10.6 Å². The zero-order valence-corrected chi connectivity index (χ0v) is 10.4. The first-order valence-corrected chi connectivity index (χ1v) is 6.72. The fourth-order valence-electron chi connectivity index (χ4n) is 3.15. The van der Waals surface area contributed by atoms with Crippen LogP contribution in [0.15, 0.2) is 0 Å². The lowest BCUT2D eigenvalue weighted by molar-refractivity contribution is 0.332. The van der Waals surface area contributed by atoms with Crippen molar-refractivity contribution in [2.24, 2.45) is 17.8 Å². The molecular weight excluding hydrogens is 204 g/mol. The summed E-state index contributed by atoms with van der Waals surface area (Å²) >= 11 is 5.22. The van der Waals surface area contributed by atoms with Gasteiger partial charge in [-0.2, -0.15) is 0 Å². The summed E-state index contributed by atoms with van der Waals surface area (Å²) in [6, 6.07) is 0. The Morgan fingerprint density at radius 2 is 2.13 bits per heavy atom. The van der Waals surface area contributed by atoms with Crippen LogP contribution in [0.1, 0.15) is 39.0 Å². The summed E-state index contributed by atoms with van der Waals surface area (Å²) in [6.45, 7) is 4.24. The van der Waals surface area contributed by atoms with Crippen LogP contribution in [0.5, 0.6) is 0 Å². The van der Waals surface area contributed by atoms with E-state index in [1.807, 2.05) is 0 Å². The molecule has 0 aromatic rings. The maximum atomic E-state index is 5.22. The van der Waals surface area contributed by atoms with Crippen molar-refractivity contribution in [3.8, 4) is 0 Å². The molecule has 0 saturated heterocycles. The van der Waals surface area contributed by atoms with E-state index in [9.17, 15) is 0 Å². The second kappa shape index (κ2) is 5.15. The molecule has 2 bridgehead atoms. The van der Waals surface area contributed by atoms with Gasteiger partial charge in [-0.3, -0.25) is 0 Å². The Hall–Kier alpha value is -0.310. The van der Waals surface area contributed by atoms with Crippen molar-refractivity contribution in [3.05, 3.63) is 0 Å². The Labute approximate surface area is 98.2 Å². The average Bonchev–Trinajstić information content (AvgIpc) is 2.84. The van der Waals surface area contributed by atoms with Gasteiger partial charge in [0.15, 0.2) is 5.11 Å². The van der Waals surface area contributed by atoms with Crippen LogP contribution in [-0.2, 0) is 0 Å². The smallest absolute Gasteiger partial charge is 0.166 e. The van der Waals surface area contributed by atoms with Gasteiger partial charge in [0.05, 0.1) is 0 Å². The number of hydrogen-bond donors (Lipinski definition) is 2. The Morgan fingerprint density at radius 1 is 1.27 bits per heavy atom.